The summed E-state index contributed by atoms with van der Waals surface area (Å²) in [6, 6.07) is 9.76. The van der Waals surface area contributed by atoms with Gasteiger partial charge in [0.1, 0.15) is 0 Å². The number of hydrogen-bond donors (Lipinski definition) is 2. The van der Waals surface area contributed by atoms with Crippen molar-refractivity contribution >= 4 is 5.91 Å². The number of benzene rings is 1. The number of aliphatic hydroxyl groups is 1. The molecule has 1 aliphatic rings. The maximum Gasteiger partial charge on any atom is 0.246 e. The fourth-order valence-electron chi connectivity index (χ4n) is 1.69. The molecule has 0 aromatic heterocycles. The number of carbonyl (C=O) groups is 1. The molecule has 15 heavy (non-hydrogen) atoms. The smallest absolute Gasteiger partial charge is 0.246 e. The van der Waals surface area contributed by atoms with Crippen LogP contribution in [0.1, 0.15) is 12.5 Å². The summed E-state index contributed by atoms with van der Waals surface area (Å²) in [5, 5.41) is 12.4. The molecule has 0 aliphatic carbocycles. The van der Waals surface area contributed by atoms with Crippen LogP contribution in [0.4, 0.5) is 0 Å². The van der Waals surface area contributed by atoms with E-state index in [1.165, 1.54) is 6.08 Å². The number of amides is 1. The van der Waals surface area contributed by atoms with Crippen LogP contribution in [0.15, 0.2) is 42.0 Å². The molecule has 2 rings (SSSR count). The van der Waals surface area contributed by atoms with Crippen LogP contribution in [0.5, 0.6) is 0 Å². The van der Waals surface area contributed by atoms with Crippen molar-refractivity contribution in [2.24, 2.45) is 0 Å². The molecule has 3 nitrogen and oxygen atoms in total. The summed E-state index contributed by atoms with van der Waals surface area (Å²) in [4.78, 5) is 11.1. The molecular formula is C12H13NO2. The summed E-state index contributed by atoms with van der Waals surface area (Å²) in [6.07, 6.45) is 2.06. The minimum Gasteiger partial charge on any atom is -0.367 e. The van der Waals surface area contributed by atoms with Crippen molar-refractivity contribution in [1.82, 2.24) is 5.32 Å². The Morgan fingerprint density at radius 3 is 2.53 bits per heavy atom. The lowest BCUT2D eigenvalue weighted by atomic mass is 9.99. The average Bonchev–Trinajstić information content (AvgIpc) is 2.41. The van der Waals surface area contributed by atoms with Gasteiger partial charge in [-0.25, -0.2) is 0 Å². The number of rotatable bonds is 2. The van der Waals surface area contributed by atoms with Gasteiger partial charge in [0.2, 0.25) is 5.91 Å². The summed E-state index contributed by atoms with van der Waals surface area (Å²) in [5.41, 5.74) is 0.589. The molecule has 1 aromatic carbocycles. The van der Waals surface area contributed by atoms with Crippen LogP contribution < -0.4 is 5.32 Å². The van der Waals surface area contributed by atoms with Gasteiger partial charge in [-0.2, -0.15) is 0 Å². The molecule has 0 saturated heterocycles. The van der Waals surface area contributed by atoms with E-state index in [1.807, 2.05) is 30.3 Å². The molecule has 0 saturated carbocycles. The average molecular weight is 203 g/mol. The Balaban J connectivity index is 2.20. The normalized spacial score (nSPS) is 24.9. The van der Waals surface area contributed by atoms with Crippen LogP contribution in [0.3, 0.4) is 0 Å². The predicted molar refractivity (Wildman–Crippen MR) is 57.0 cm³/mol. The van der Waals surface area contributed by atoms with Gasteiger partial charge in [0.15, 0.2) is 5.72 Å². The molecular weight excluding hydrogens is 190 g/mol. The Kier molecular flexibility index (Phi) is 2.32. The molecule has 2 N–H and O–H groups in total. The van der Waals surface area contributed by atoms with Crippen molar-refractivity contribution < 1.29 is 9.90 Å². The van der Waals surface area contributed by atoms with Gasteiger partial charge >= 0.3 is 0 Å². The van der Waals surface area contributed by atoms with Crippen LogP contribution in [0, 0.1) is 0 Å². The van der Waals surface area contributed by atoms with E-state index in [2.05, 4.69) is 5.32 Å². The van der Waals surface area contributed by atoms with E-state index in [4.69, 9.17) is 0 Å². The minimum atomic E-state index is -1.20. The maximum absolute atomic E-state index is 11.1. The molecule has 1 aromatic rings. The number of hydrogen-bond acceptors (Lipinski definition) is 2. The minimum absolute atomic E-state index is 0.231. The van der Waals surface area contributed by atoms with Crippen molar-refractivity contribution in [3.8, 4) is 0 Å². The third-order valence-corrected chi connectivity index (χ3v) is 2.53. The van der Waals surface area contributed by atoms with Gasteiger partial charge in [-0.15, -0.1) is 0 Å². The zero-order chi connectivity index (χ0) is 10.9. The number of carbonyl (C=O) groups excluding carboxylic acids is 1. The van der Waals surface area contributed by atoms with Crippen LogP contribution >= 0.6 is 0 Å². The highest BCUT2D eigenvalue weighted by atomic mass is 16.3. The van der Waals surface area contributed by atoms with E-state index in [-0.39, 0.29) is 5.91 Å². The van der Waals surface area contributed by atoms with Crippen LogP contribution in [0.25, 0.3) is 0 Å². The lowest BCUT2D eigenvalue weighted by Gasteiger charge is -2.21. The van der Waals surface area contributed by atoms with Crippen LogP contribution in [0.2, 0.25) is 0 Å². The molecule has 78 valence electrons. The van der Waals surface area contributed by atoms with Crippen LogP contribution in [-0.4, -0.2) is 16.7 Å². The molecule has 1 unspecified atom stereocenters. The molecule has 0 bridgehead atoms. The molecule has 0 fully saturated rings. The van der Waals surface area contributed by atoms with Crippen molar-refractivity contribution in [2.75, 3.05) is 0 Å². The molecule has 0 radical (unpaired) electrons. The Hall–Kier alpha value is -1.61. The molecule has 1 aliphatic heterocycles. The highest BCUT2D eigenvalue weighted by Gasteiger charge is 2.33. The first-order valence-electron chi connectivity index (χ1n) is 4.87. The van der Waals surface area contributed by atoms with Gasteiger partial charge in [0, 0.05) is 6.08 Å². The second kappa shape index (κ2) is 3.51. The Morgan fingerprint density at radius 2 is 2.00 bits per heavy atom. The van der Waals surface area contributed by atoms with E-state index in [1.54, 1.807) is 6.92 Å². The predicted octanol–water partition coefficient (Wildman–Crippen LogP) is 0.994. The third kappa shape index (κ3) is 2.07. The zero-order valence-corrected chi connectivity index (χ0v) is 8.53. The third-order valence-electron chi connectivity index (χ3n) is 2.53. The SMILES string of the molecule is CC1(O)NC(=O)C=C1Cc1ccccc1. The van der Waals surface area contributed by atoms with Gasteiger partial charge in [-0.05, 0) is 24.5 Å². The first-order chi connectivity index (χ1) is 7.08. The van der Waals surface area contributed by atoms with Crippen molar-refractivity contribution in [1.29, 1.82) is 0 Å². The largest absolute Gasteiger partial charge is 0.367 e. The fourth-order valence-corrected chi connectivity index (χ4v) is 1.69. The second-order valence-electron chi connectivity index (χ2n) is 3.89. The Labute approximate surface area is 88.4 Å². The Bertz CT molecular complexity index is 407. The van der Waals surface area contributed by atoms with E-state index in [0.717, 1.165) is 5.56 Å². The Morgan fingerprint density at radius 1 is 1.33 bits per heavy atom. The van der Waals surface area contributed by atoms with Gasteiger partial charge in [0.05, 0.1) is 0 Å². The van der Waals surface area contributed by atoms with Crippen molar-refractivity contribution in [2.45, 2.75) is 19.1 Å². The summed E-state index contributed by atoms with van der Waals surface area (Å²) in [5.74, 6) is -0.231. The zero-order valence-electron chi connectivity index (χ0n) is 8.53. The van der Waals surface area contributed by atoms with Gasteiger partial charge in [0.25, 0.3) is 0 Å². The van der Waals surface area contributed by atoms with E-state index >= 15 is 0 Å². The fraction of sp³-hybridized carbons (Fsp3) is 0.250. The van der Waals surface area contributed by atoms with E-state index in [0.29, 0.717) is 12.0 Å². The number of nitrogens with one attached hydrogen (secondary N) is 1. The standard InChI is InChI=1S/C12H13NO2/c1-12(15)10(8-11(14)13-12)7-9-5-3-2-4-6-9/h2-6,8,15H,7H2,1H3,(H,13,14). The first kappa shape index (κ1) is 9.93. The lowest BCUT2D eigenvalue weighted by molar-refractivity contribution is -0.119. The van der Waals surface area contributed by atoms with E-state index in [9.17, 15) is 9.90 Å². The van der Waals surface area contributed by atoms with Crippen molar-refractivity contribution in [3.63, 3.8) is 0 Å². The highest BCUT2D eigenvalue weighted by Crippen LogP contribution is 2.22. The van der Waals surface area contributed by atoms with Gasteiger partial charge in [-0.1, -0.05) is 30.3 Å². The molecule has 3 heteroatoms. The van der Waals surface area contributed by atoms with Gasteiger partial charge in [-0.3, -0.25) is 4.79 Å². The summed E-state index contributed by atoms with van der Waals surface area (Å²) < 4.78 is 0. The van der Waals surface area contributed by atoms with Gasteiger partial charge < -0.3 is 10.4 Å². The topological polar surface area (TPSA) is 49.3 Å². The quantitative estimate of drug-likeness (QED) is 0.753. The molecule has 1 amide bonds. The molecule has 1 heterocycles. The van der Waals surface area contributed by atoms with E-state index < -0.39 is 5.72 Å². The summed E-state index contributed by atoms with van der Waals surface area (Å²) in [7, 11) is 0. The highest BCUT2D eigenvalue weighted by molar-refractivity contribution is 5.92. The first-order valence-corrected chi connectivity index (χ1v) is 4.87. The lowest BCUT2D eigenvalue weighted by Crippen LogP contribution is -2.41. The summed E-state index contributed by atoms with van der Waals surface area (Å²) >= 11 is 0. The second-order valence-corrected chi connectivity index (χ2v) is 3.89. The maximum atomic E-state index is 11.1. The molecule has 1 atom stereocenters. The summed E-state index contributed by atoms with van der Waals surface area (Å²) in [6.45, 7) is 1.59. The van der Waals surface area contributed by atoms with Crippen molar-refractivity contribution in [3.05, 3.63) is 47.5 Å². The molecule has 0 spiro atoms. The monoisotopic (exact) mass is 203 g/mol. The van der Waals surface area contributed by atoms with Crippen LogP contribution in [-0.2, 0) is 11.2 Å².